The van der Waals surface area contributed by atoms with Crippen LogP contribution in [-0.2, 0) is 4.79 Å². The molecule has 0 bridgehead atoms. The van der Waals surface area contributed by atoms with E-state index >= 15 is 0 Å². The molecule has 0 aliphatic carbocycles. The van der Waals surface area contributed by atoms with E-state index < -0.39 is 17.6 Å². The van der Waals surface area contributed by atoms with Crippen LogP contribution in [0.15, 0.2) is 109 Å². The number of benzene rings is 4. The molecule has 2 N–H and O–H groups in total. The molecule has 4 aromatic carbocycles. The monoisotopic (exact) mass is 538 g/mol. The first kappa shape index (κ1) is 27.2. The van der Waals surface area contributed by atoms with Crippen molar-refractivity contribution < 1.29 is 18.8 Å². The average molecular weight is 539 g/mol. The molecule has 4 aromatic rings. The Hall–Kier alpha value is -4.81. The molecule has 0 aromatic heterocycles. The highest BCUT2D eigenvalue weighted by Crippen LogP contribution is 2.21. The summed E-state index contributed by atoms with van der Waals surface area (Å²) in [6, 6.07) is 26.6. The Morgan fingerprint density at radius 1 is 0.795 bits per heavy atom. The van der Waals surface area contributed by atoms with Gasteiger partial charge in [0.25, 0.3) is 11.8 Å². The van der Waals surface area contributed by atoms with Crippen LogP contribution < -0.4 is 10.6 Å². The van der Waals surface area contributed by atoms with Crippen molar-refractivity contribution in [1.29, 1.82) is 0 Å². The summed E-state index contributed by atoms with van der Waals surface area (Å²) < 4.78 is 14.0. The quantitative estimate of drug-likeness (QED) is 0.186. The van der Waals surface area contributed by atoms with Crippen molar-refractivity contribution in [2.45, 2.75) is 6.92 Å². The molecular formula is C32H24ClFN2O3. The molecular weight excluding hydrogens is 515 g/mol. The molecule has 7 heteroatoms. The molecule has 0 heterocycles. The third-order valence-corrected chi connectivity index (χ3v) is 6.08. The molecule has 5 nitrogen and oxygen atoms in total. The van der Waals surface area contributed by atoms with Gasteiger partial charge in [-0.25, -0.2) is 4.39 Å². The number of amides is 2. The van der Waals surface area contributed by atoms with Crippen LogP contribution in [0.1, 0.15) is 37.4 Å². The number of halogens is 2. The third-order valence-electron chi connectivity index (χ3n) is 5.75. The van der Waals surface area contributed by atoms with E-state index in [1.54, 1.807) is 48.5 Å². The summed E-state index contributed by atoms with van der Waals surface area (Å²) in [5.74, 6) is -1.85. The normalized spacial score (nSPS) is 11.3. The van der Waals surface area contributed by atoms with Crippen LogP contribution in [0.5, 0.6) is 0 Å². The molecule has 2 amide bonds. The van der Waals surface area contributed by atoms with Gasteiger partial charge in [-0.1, -0.05) is 65.7 Å². The van der Waals surface area contributed by atoms with Gasteiger partial charge in [0.15, 0.2) is 5.78 Å². The number of carbonyl (C=O) groups excluding carboxylic acids is 3. The summed E-state index contributed by atoms with van der Waals surface area (Å²) >= 11 is 6.00. The largest absolute Gasteiger partial charge is 0.321 e. The van der Waals surface area contributed by atoms with Crippen molar-refractivity contribution in [3.8, 4) is 0 Å². The van der Waals surface area contributed by atoms with Crippen molar-refractivity contribution in [2.24, 2.45) is 0 Å². The van der Waals surface area contributed by atoms with Crippen LogP contribution in [0.25, 0.3) is 12.2 Å². The van der Waals surface area contributed by atoms with Gasteiger partial charge in [-0.2, -0.15) is 0 Å². The van der Waals surface area contributed by atoms with Gasteiger partial charge < -0.3 is 10.6 Å². The van der Waals surface area contributed by atoms with Gasteiger partial charge in [-0.3, -0.25) is 14.4 Å². The zero-order valence-electron chi connectivity index (χ0n) is 21.0. The number of anilines is 1. The van der Waals surface area contributed by atoms with Crippen molar-refractivity contribution in [3.63, 3.8) is 0 Å². The third kappa shape index (κ3) is 7.37. The van der Waals surface area contributed by atoms with Crippen LogP contribution in [-0.4, -0.2) is 17.6 Å². The highest BCUT2D eigenvalue weighted by molar-refractivity contribution is 6.32. The molecule has 0 atom stereocenters. The summed E-state index contributed by atoms with van der Waals surface area (Å²) in [4.78, 5) is 38.5. The lowest BCUT2D eigenvalue weighted by atomic mass is 10.1. The van der Waals surface area contributed by atoms with Crippen LogP contribution in [0.4, 0.5) is 10.1 Å². The zero-order valence-corrected chi connectivity index (χ0v) is 21.7. The average Bonchev–Trinajstić information content (AvgIpc) is 2.94. The van der Waals surface area contributed by atoms with E-state index in [0.29, 0.717) is 16.8 Å². The number of carbonyl (C=O) groups is 3. The molecule has 39 heavy (non-hydrogen) atoms. The van der Waals surface area contributed by atoms with E-state index in [1.165, 1.54) is 42.5 Å². The first-order valence-electron chi connectivity index (χ1n) is 12.0. The maximum absolute atomic E-state index is 14.0. The second-order valence-electron chi connectivity index (χ2n) is 8.65. The Morgan fingerprint density at radius 2 is 1.49 bits per heavy atom. The summed E-state index contributed by atoms with van der Waals surface area (Å²) in [6.45, 7) is 1.96. The molecule has 0 saturated heterocycles. The lowest BCUT2D eigenvalue weighted by molar-refractivity contribution is -0.113. The van der Waals surface area contributed by atoms with Gasteiger partial charge in [-0.05, 0) is 79.2 Å². The first-order valence-corrected chi connectivity index (χ1v) is 12.4. The van der Waals surface area contributed by atoms with Crippen LogP contribution in [0.3, 0.4) is 0 Å². The smallest absolute Gasteiger partial charge is 0.272 e. The minimum atomic E-state index is -0.534. The topological polar surface area (TPSA) is 75.3 Å². The molecule has 4 rings (SSSR count). The summed E-state index contributed by atoms with van der Waals surface area (Å²) in [5, 5.41) is 5.64. The van der Waals surface area contributed by atoms with E-state index in [4.69, 9.17) is 11.6 Å². The minimum Gasteiger partial charge on any atom is -0.321 e. The summed E-state index contributed by atoms with van der Waals surface area (Å²) in [7, 11) is 0. The Bertz CT molecular complexity index is 1540. The molecule has 0 unspecified atom stereocenters. The van der Waals surface area contributed by atoms with Gasteiger partial charge in [0.05, 0.1) is 5.02 Å². The minimum absolute atomic E-state index is 0.0533. The van der Waals surface area contributed by atoms with E-state index in [0.717, 1.165) is 11.1 Å². The highest BCUT2D eigenvalue weighted by atomic mass is 35.5. The molecule has 0 aliphatic heterocycles. The standard InChI is InChI=1S/C32H24ClFN2O3/c1-21-10-12-22(13-11-21)20-29(36-31(38)24-6-3-2-4-7-24)32(39)35-25-16-14-23(15-17-25)30(37)19-18-26-27(33)8-5-9-28(26)34/h2-20H,1H3,(H,35,39)(H,36,38)/b19-18+,29-20-. The summed E-state index contributed by atoms with van der Waals surface area (Å²) in [5.41, 5.74) is 3.15. The molecule has 0 spiro atoms. The maximum atomic E-state index is 14.0. The first-order chi connectivity index (χ1) is 18.8. The van der Waals surface area contributed by atoms with E-state index in [2.05, 4.69) is 10.6 Å². The molecule has 0 aliphatic rings. The van der Waals surface area contributed by atoms with E-state index in [9.17, 15) is 18.8 Å². The van der Waals surface area contributed by atoms with Gasteiger partial charge in [0, 0.05) is 22.4 Å². The molecule has 0 fully saturated rings. The number of hydrogen-bond acceptors (Lipinski definition) is 3. The van der Waals surface area contributed by atoms with Crippen LogP contribution in [0.2, 0.25) is 5.02 Å². The Balaban J connectivity index is 1.50. The second kappa shape index (κ2) is 12.6. The zero-order chi connectivity index (χ0) is 27.8. The van der Waals surface area contributed by atoms with Gasteiger partial charge in [-0.15, -0.1) is 0 Å². The predicted molar refractivity (Wildman–Crippen MR) is 153 cm³/mol. The van der Waals surface area contributed by atoms with Gasteiger partial charge in [0.2, 0.25) is 0 Å². The number of rotatable bonds is 8. The van der Waals surface area contributed by atoms with E-state index in [1.807, 2.05) is 31.2 Å². The number of nitrogens with one attached hydrogen (secondary N) is 2. The molecule has 194 valence electrons. The van der Waals surface area contributed by atoms with Crippen molar-refractivity contribution in [2.75, 3.05) is 5.32 Å². The number of hydrogen-bond donors (Lipinski definition) is 2. The number of aryl methyl sites for hydroxylation is 1. The van der Waals surface area contributed by atoms with Crippen molar-refractivity contribution in [1.82, 2.24) is 5.32 Å². The molecule has 0 saturated carbocycles. The lowest BCUT2D eigenvalue weighted by Crippen LogP contribution is -2.30. The fourth-order valence-electron chi connectivity index (χ4n) is 3.61. The number of allylic oxidation sites excluding steroid dienone is 1. The summed E-state index contributed by atoms with van der Waals surface area (Å²) in [6.07, 6.45) is 4.15. The highest BCUT2D eigenvalue weighted by Gasteiger charge is 2.15. The second-order valence-corrected chi connectivity index (χ2v) is 9.06. The fraction of sp³-hybridized carbons (Fsp3) is 0.0312. The molecule has 0 radical (unpaired) electrons. The SMILES string of the molecule is Cc1ccc(/C=C(\NC(=O)c2ccccc2)C(=O)Nc2ccc(C(=O)/C=C/c3c(F)cccc3Cl)cc2)cc1. The fourth-order valence-corrected chi connectivity index (χ4v) is 3.84. The van der Waals surface area contributed by atoms with Crippen LogP contribution in [0, 0.1) is 12.7 Å². The maximum Gasteiger partial charge on any atom is 0.272 e. The van der Waals surface area contributed by atoms with E-state index in [-0.39, 0.29) is 22.1 Å². The van der Waals surface area contributed by atoms with Crippen LogP contribution >= 0.6 is 11.6 Å². The Kier molecular flexibility index (Phi) is 8.82. The number of ketones is 1. The lowest BCUT2D eigenvalue weighted by Gasteiger charge is -2.12. The predicted octanol–water partition coefficient (Wildman–Crippen LogP) is 7.09. The Labute approximate surface area is 230 Å². The van der Waals surface area contributed by atoms with Gasteiger partial charge in [0.1, 0.15) is 11.5 Å². The van der Waals surface area contributed by atoms with Crippen molar-refractivity contribution in [3.05, 3.63) is 147 Å². The van der Waals surface area contributed by atoms with Crippen molar-refractivity contribution >= 4 is 47.0 Å². The Morgan fingerprint density at radius 3 is 2.15 bits per heavy atom. The van der Waals surface area contributed by atoms with Gasteiger partial charge >= 0.3 is 0 Å².